The Labute approximate surface area is 103 Å². The predicted molar refractivity (Wildman–Crippen MR) is 61.8 cm³/mol. The van der Waals surface area contributed by atoms with Gasteiger partial charge in [-0.2, -0.15) is 5.26 Å². The fourth-order valence-electron chi connectivity index (χ4n) is 1.52. The van der Waals surface area contributed by atoms with Crippen molar-refractivity contribution < 1.29 is 14.7 Å². The van der Waals surface area contributed by atoms with E-state index in [4.69, 9.17) is 5.26 Å². The Morgan fingerprint density at radius 2 is 1.94 bits per heavy atom. The largest absolute Gasteiger partial charge is 0.369 e. The number of carbonyl (C=O) groups is 2. The minimum atomic E-state index is -1.33. The maximum Gasteiger partial charge on any atom is 0.323 e. The van der Waals surface area contributed by atoms with E-state index in [1.165, 1.54) is 6.08 Å². The first-order valence-corrected chi connectivity index (χ1v) is 5.12. The number of nitriles is 1. The van der Waals surface area contributed by atoms with E-state index in [0.717, 1.165) is 0 Å². The number of amides is 3. The second kappa shape index (κ2) is 4.69. The van der Waals surface area contributed by atoms with Crippen molar-refractivity contribution in [1.29, 1.82) is 5.26 Å². The molecule has 1 aliphatic rings. The lowest BCUT2D eigenvalue weighted by molar-refractivity contribution is -0.118. The molecule has 1 aromatic carbocycles. The van der Waals surface area contributed by atoms with Gasteiger partial charge in [-0.15, -0.1) is 0 Å². The second-order valence-corrected chi connectivity index (χ2v) is 3.66. The number of hydrogen-bond acceptors (Lipinski definition) is 4. The summed E-state index contributed by atoms with van der Waals surface area (Å²) in [5.74, 6) is -0.643. The van der Waals surface area contributed by atoms with E-state index in [9.17, 15) is 14.7 Å². The Kier molecular flexibility index (Phi) is 3.08. The maximum absolute atomic E-state index is 11.5. The SMILES string of the molecule is N#Cc1ccc(C=C2C(=O)NC(=O)NC2O)cc1. The lowest BCUT2D eigenvalue weighted by Gasteiger charge is -2.21. The van der Waals surface area contributed by atoms with Crippen molar-refractivity contribution in [2.24, 2.45) is 0 Å². The van der Waals surface area contributed by atoms with E-state index in [-0.39, 0.29) is 5.57 Å². The van der Waals surface area contributed by atoms with Crippen molar-refractivity contribution in [2.75, 3.05) is 0 Å². The molecule has 0 aromatic heterocycles. The average Bonchev–Trinajstić information content (AvgIpc) is 2.34. The third-order valence-corrected chi connectivity index (χ3v) is 2.41. The lowest BCUT2D eigenvalue weighted by atomic mass is 10.1. The summed E-state index contributed by atoms with van der Waals surface area (Å²) in [5.41, 5.74) is 1.19. The van der Waals surface area contributed by atoms with Gasteiger partial charge in [0.1, 0.15) is 0 Å². The van der Waals surface area contributed by atoms with Gasteiger partial charge in [0, 0.05) is 0 Å². The molecule has 3 N–H and O–H groups in total. The van der Waals surface area contributed by atoms with Gasteiger partial charge in [-0.25, -0.2) is 4.79 Å². The topological polar surface area (TPSA) is 102 Å². The van der Waals surface area contributed by atoms with Crippen molar-refractivity contribution in [3.05, 3.63) is 41.0 Å². The summed E-state index contributed by atoms with van der Waals surface area (Å²) in [4.78, 5) is 22.4. The molecule has 1 heterocycles. The maximum atomic E-state index is 11.5. The second-order valence-electron chi connectivity index (χ2n) is 3.66. The van der Waals surface area contributed by atoms with Gasteiger partial charge >= 0.3 is 6.03 Å². The van der Waals surface area contributed by atoms with E-state index in [1.807, 2.05) is 11.4 Å². The highest BCUT2D eigenvalue weighted by Gasteiger charge is 2.27. The molecule has 0 saturated carbocycles. The molecular formula is C12H9N3O3. The van der Waals surface area contributed by atoms with Crippen LogP contribution in [0.4, 0.5) is 4.79 Å². The Morgan fingerprint density at radius 1 is 1.28 bits per heavy atom. The molecule has 2 rings (SSSR count). The minimum absolute atomic E-state index is 0.0410. The molecule has 0 spiro atoms. The van der Waals surface area contributed by atoms with Crippen LogP contribution in [0.2, 0.25) is 0 Å². The quantitative estimate of drug-likeness (QED) is 0.608. The Bertz CT molecular complexity index is 569. The number of nitrogens with zero attached hydrogens (tertiary/aromatic N) is 1. The molecule has 0 bridgehead atoms. The van der Waals surface area contributed by atoms with Gasteiger partial charge in [0.15, 0.2) is 6.23 Å². The van der Waals surface area contributed by atoms with Gasteiger partial charge in [0.2, 0.25) is 0 Å². The third kappa shape index (κ3) is 2.36. The summed E-state index contributed by atoms with van der Waals surface area (Å²) in [6.07, 6.45) is 0.113. The molecule has 18 heavy (non-hydrogen) atoms. The van der Waals surface area contributed by atoms with Crippen molar-refractivity contribution in [2.45, 2.75) is 6.23 Å². The van der Waals surface area contributed by atoms with Crippen LogP contribution >= 0.6 is 0 Å². The molecule has 1 aliphatic heterocycles. The van der Waals surface area contributed by atoms with Crippen LogP contribution in [0.5, 0.6) is 0 Å². The fourth-order valence-corrected chi connectivity index (χ4v) is 1.52. The number of imide groups is 1. The lowest BCUT2D eigenvalue weighted by Crippen LogP contribution is -2.53. The summed E-state index contributed by atoms with van der Waals surface area (Å²) in [6.45, 7) is 0. The summed E-state index contributed by atoms with van der Waals surface area (Å²) in [5, 5.41) is 22.4. The Hall–Kier alpha value is -2.65. The highest BCUT2D eigenvalue weighted by atomic mass is 16.3. The smallest absolute Gasteiger partial charge is 0.323 e. The first-order chi connectivity index (χ1) is 8.60. The molecule has 1 unspecified atom stereocenters. The van der Waals surface area contributed by atoms with Crippen molar-refractivity contribution in [3.63, 3.8) is 0 Å². The van der Waals surface area contributed by atoms with Gasteiger partial charge in [0.25, 0.3) is 5.91 Å². The van der Waals surface area contributed by atoms with Crippen molar-refractivity contribution in [1.82, 2.24) is 10.6 Å². The molecule has 6 nitrogen and oxygen atoms in total. The number of carbonyl (C=O) groups excluding carboxylic acids is 2. The van der Waals surface area contributed by atoms with E-state index in [1.54, 1.807) is 24.3 Å². The molecule has 3 amide bonds. The van der Waals surface area contributed by atoms with E-state index in [0.29, 0.717) is 11.1 Å². The molecule has 6 heteroatoms. The van der Waals surface area contributed by atoms with Crippen molar-refractivity contribution in [3.8, 4) is 6.07 Å². The van der Waals surface area contributed by atoms with Gasteiger partial charge in [-0.3, -0.25) is 10.1 Å². The first kappa shape index (κ1) is 11.8. The van der Waals surface area contributed by atoms with Crippen molar-refractivity contribution >= 4 is 18.0 Å². The Morgan fingerprint density at radius 3 is 2.50 bits per heavy atom. The standard InChI is InChI=1S/C12H9N3O3/c13-6-8-3-1-7(2-4-8)5-9-10(16)14-12(18)15-11(9)17/h1-5,10,16H,(H2,14,15,17,18). The average molecular weight is 243 g/mol. The predicted octanol–water partition coefficient (Wildman–Crippen LogP) is 0.0995. The zero-order chi connectivity index (χ0) is 13.1. The number of benzene rings is 1. The monoisotopic (exact) mass is 243 g/mol. The molecular weight excluding hydrogens is 234 g/mol. The molecule has 1 fully saturated rings. The number of nitrogens with one attached hydrogen (secondary N) is 2. The Balaban J connectivity index is 2.29. The highest BCUT2D eigenvalue weighted by molar-refractivity contribution is 6.09. The summed E-state index contributed by atoms with van der Waals surface area (Å²) < 4.78 is 0. The van der Waals surface area contributed by atoms with E-state index in [2.05, 4.69) is 5.32 Å². The minimum Gasteiger partial charge on any atom is -0.369 e. The molecule has 0 aliphatic carbocycles. The molecule has 90 valence electrons. The van der Waals surface area contributed by atoms with Gasteiger partial charge in [0.05, 0.1) is 17.2 Å². The normalized spacial score (nSPS) is 21.1. The summed E-state index contributed by atoms with van der Waals surface area (Å²) >= 11 is 0. The van der Waals surface area contributed by atoms with Crippen LogP contribution in [0.1, 0.15) is 11.1 Å². The highest BCUT2D eigenvalue weighted by Crippen LogP contribution is 2.12. The van der Waals surface area contributed by atoms with Crippen LogP contribution < -0.4 is 10.6 Å². The van der Waals surface area contributed by atoms with Crippen LogP contribution in [0.15, 0.2) is 29.8 Å². The molecule has 1 saturated heterocycles. The number of hydrogen-bond donors (Lipinski definition) is 3. The van der Waals surface area contributed by atoms with Crippen LogP contribution in [-0.2, 0) is 4.79 Å². The molecule has 0 radical (unpaired) electrons. The van der Waals surface area contributed by atoms with Crippen LogP contribution in [-0.4, -0.2) is 23.3 Å². The number of aliphatic hydroxyl groups excluding tert-OH is 1. The number of aliphatic hydroxyl groups is 1. The number of rotatable bonds is 1. The van der Waals surface area contributed by atoms with E-state index < -0.39 is 18.2 Å². The van der Waals surface area contributed by atoms with Crippen LogP contribution in [0, 0.1) is 11.3 Å². The first-order valence-electron chi connectivity index (χ1n) is 5.12. The summed E-state index contributed by atoms with van der Waals surface area (Å²) in [7, 11) is 0. The fraction of sp³-hybridized carbons (Fsp3) is 0.0833. The zero-order valence-corrected chi connectivity index (χ0v) is 9.18. The zero-order valence-electron chi connectivity index (χ0n) is 9.18. The third-order valence-electron chi connectivity index (χ3n) is 2.41. The van der Waals surface area contributed by atoms with Crippen LogP contribution in [0.25, 0.3) is 6.08 Å². The van der Waals surface area contributed by atoms with E-state index >= 15 is 0 Å². The van der Waals surface area contributed by atoms with Gasteiger partial charge in [-0.1, -0.05) is 12.1 Å². The van der Waals surface area contributed by atoms with Crippen LogP contribution in [0.3, 0.4) is 0 Å². The molecule has 1 aromatic rings. The van der Waals surface area contributed by atoms with Gasteiger partial charge in [-0.05, 0) is 23.8 Å². The number of urea groups is 1. The molecule has 1 atom stereocenters. The summed E-state index contributed by atoms with van der Waals surface area (Å²) in [6, 6.07) is 7.72. The van der Waals surface area contributed by atoms with Gasteiger partial charge < -0.3 is 10.4 Å².